The second kappa shape index (κ2) is 7.84. The third-order valence-electron chi connectivity index (χ3n) is 4.40. The van der Waals surface area contributed by atoms with Crippen LogP contribution in [0, 0.1) is 0 Å². The Kier molecular flexibility index (Phi) is 5.72. The van der Waals surface area contributed by atoms with Crippen molar-refractivity contribution in [3.8, 4) is 11.5 Å². The number of nitrogens with one attached hydrogen (secondary N) is 2. The SMILES string of the molecule is Cl.O=S(=O)(NCc1ccc2c(c1)CNC2)c1ccc2c(c1)OCCCO2. The number of sulfonamides is 1. The highest BCUT2D eigenvalue weighted by Crippen LogP contribution is 2.31. The Bertz CT molecular complexity index is 902. The van der Waals surface area contributed by atoms with Crippen molar-refractivity contribution in [1.29, 1.82) is 0 Å². The van der Waals surface area contributed by atoms with Crippen LogP contribution >= 0.6 is 12.4 Å². The van der Waals surface area contributed by atoms with Crippen molar-refractivity contribution in [2.75, 3.05) is 13.2 Å². The standard InChI is InChI=1S/C18H20N2O4S.ClH/c21-25(22,16-4-5-17-18(9-16)24-7-1-6-23-17)20-10-13-2-3-14-11-19-12-15(14)8-13;/h2-5,8-9,19-20H,1,6-7,10-12H2;1H. The fraction of sp³-hybridized carbons (Fsp3) is 0.333. The third-order valence-corrected chi connectivity index (χ3v) is 5.80. The van der Waals surface area contributed by atoms with Crippen molar-refractivity contribution >= 4 is 22.4 Å². The summed E-state index contributed by atoms with van der Waals surface area (Å²) in [5, 5.41) is 3.28. The van der Waals surface area contributed by atoms with Gasteiger partial charge in [-0.2, -0.15) is 0 Å². The lowest BCUT2D eigenvalue weighted by Crippen LogP contribution is -2.23. The van der Waals surface area contributed by atoms with Crippen LogP contribution in [0.1, 0.15) is 23.1 Å². The highest BCUT2D eigenvalue weighted by atomic mass is 35.5. The van der Waals surface area contributed by atoms with E-state index in [1.807, 2.05) is 18.2 Å². The zero-order valence-corrected chi connectivity index (χ0v) is 15.8. The van der Waals surface area contributed by atoms with E-state index in [0.717, 1.165) is 25.1 Å². The van der Waals surface area contributed by atoms with Crippen molar-refractivity contribution in [3.05, 3.63) is 53.1 Å². The van der Waals surface area contributed by atoms with Crippen LogP contribution < -0.4 is 19.5 Å². The van der Waals surface area contributed by atoms with Gasteiger partial charge in [-0.05, 0) is 28.8 Å². The van der Waals surface area contributed by atoms with Crippen molar-refractivity contribution in [2.24, 2.45) is 0 Å². The maximum atomic E-state index is 12.6. The monoisotopic (exact) mass is 396 g/mol. The number of fused-ring (bicyclic) bond motifs is 2. The number of hydrogen-bond acceptors (Lipinski definition) is 5. The van der Waals surface area contributed by atoms with Crippen molar-refractivity contribution in [3.63, 3.8) is 0 Å². The van der Waals surface area contributed by atoms with E-state index in [9.17, 15) is 8.42 Å². The molecule has 2 aliphatic heterocycles. The smallest absolute Gasteiger partial charge is 0.241 e. The van der Waals surface area contributed by atoms with E-state index in [4.69, 9.17) is 9.47 Å². The first kappa shape index (κ1) is 19.0. The van der Waals surface area contributed by atoms with Gasteiger partial charge in [0.25, 0.3) is 0 Å². The fourth-order valence-corrected chi connectivity index (χ4v) is 4.06. The first-order valence-electron chi connectivity index (χ1n) is 8.32. The molecule has 2 N–H and O–H groups in total. The van der Waals surface area contributed by atoms with E-state index in [-0.39, 0.29) is 23.8 Å². The van der Waals surface area contributed by atoms with Crippen LogP contribution in [0.3, 0.4) is 0 Å². The molecule has 2 heterocycles. The maximum Gasteiger partial charge on any atom is 0.241 e. The molecule has 0 aromatic heterocycles. The highest BCUT2D eigenvalue weighted by Gasteiger charge is 2.19. The Balaban J connectivity index is 0.00000196. The summed E-state index contributed by atoms with van der Waals surface area (Å²) in [6.45, 7) is 3.05. The van der Waals surface area contributed by atoms with Gasteiger partial charge in [-0.3, -0.25) is 0 Å². The Labute approximate surface area is 159 Å². The van der Waals surface area contributed by atoms with Gasteiger partial charge < -0.3 is 14.8 Å². The average molecular weight is 397 g/mol. The van der Waals surface area contributed by atoms with Crippen LogP contribution in [0.2, 0.25) is 0 Å². The maximum absolute atomic E-state index is 12.6. The Hall–Kier alpha value is -1.80. The number of rotatable bonds is 4. The molecule has 2 aromatic carbocycles. The molecule has 140 valence electrons. The summed E-state index contributed by atoms with van der Waals surface area (Å²) < 4.78 is 39.0. The summed E-state index contributed by atoms with van der Waals surface area (Å²) in [6.07, 6.45) is 0.780. The van der Waals surface area contributed by atoms with Gasteiger partial charge in [0.15, 0.2) is 11.5 Å². The topological polar surface area (TPSA) is 76.7 Å². The van der Waals surface area contributed by atoms with Gasteiger partial charge in [-0.1, -0.05) is 18.2 Å². The van der Waals surface area contributed by atoms with Gasteiger partial charge in [0, 0.05) is 32.1 Å². The number of hydrogen-bond donors (Lipinski definition) is 2. The van der Waals surface area contributed by atoms with Crippen LogP contribution in [0.5, 0.6) is 11.5 Å². The summed E-state index contributed by atoms with van der Waals surface area (Å²) in [6, 6.07) is 10.8. The van der Waals surface area contributed by atoms with Crippen molar-refractivity contribution in [1.82, 2.24) is 10.0 Å². The summed E-state index contributed by atoms with van der Waals surface area (Å²) in [5.41, 5.74) is 3.45. The normalized spacial score (nSPS) is 15.7. The van der Waals surface area contributed by atoms with Crippen LogP contribution in [0.25, 0.3) is 0 Å². The van der Waals surface area contributed by atoms with Gasteiger partial charge in [0.05, 0.1) is 18.1 Å². The fourth-order valence-electron chi connectivity index (χ4n) is 3.03. The van der Waals surface area contributed by atoms with E-state index >= 15 is 0 Å². The zero-order chi connectivity index (χ0) is 17.3. The van der Waals surface area contributed by atoms with Crippen molar-refractivity contribution in [2.45, 2.75) is 31.0 Å². The van der Waals surface area contributed by atoms with E-state index in [0.29, 0.717) is 24.7 Å². The molecule has 0 saturated carbocycles. The molecule has 2 aromatic rings. The van der Waals surface area contributed by atoms with Gasteiger partial charge in [0.2, 0.25) is 10.0 Å². The highest BCUT2D eigenvalue weighted by molar-refractivity contribution is 7.89. The Morgan fingerprint density at radius 1 is 0.962 bits per heavy atom. The molecule has 0 unspecified atom stereocenters. The predicted octanol–water partition coefficient (Wildman–Crippen LogP) is 2.35. The molecule has 0 atom stereocenters. The van der Waals surface area contributed by atoms with E-state index in [2.05, 4.69) is 10.0 Å². The number of ether oxygens (including phenoxy) is 2. The Morgan fingerprint density at radius 3 is 2.58 bits per heavy atom. The lowest BCUT2D eigenvalue weighted by Gasteiger charge is -2.11. The molecule has 0 fully saturated rings. The Morgan fingerprint density at radius 2 is 1.73 bits per heavy atom. The molecule has 0 bridgehead atoms. The largest absolute Gasteiger partial charge is 0.490 e. The minimum Gasteiger partial charge on any atom is -0.490 e. The molecule has 0 radical (unpaired) electrons. The lowest BCUT2D eigenvalue weighted by molar-refractivity contribution is 0.297. The zero-order valence-electron chi connectivity index (χ0n) is 14.2. The van der Waals surface area contributed by atoms with E-state index < -0.39 is 10.0 Å². The van der Waals surface area contributed by atoms with E-state index in [1.54, 1.807) is 12.1 Å². The molecule has 0 spiro atoms. The molecule has 6 nitrogen and oxygen atoms in total. The summed E-state index contributed by atoms with van der Waals surface area (Å²) >= 11 is 0. The van der Waals surface area contributed by atoms with E-state index in [1.165, 1.54) is 17.2 Å². The summed E-state index contributed by atoms with van der Waals surface area (Å²) in [4.78, 5) is 0.180. The van der Waals surface area contributed by atoms with Crippen LogP contribution in [-0.2, 0) is 29.7 Å². The van der Waals surface area contributed by atoms with Crippen LogP contribution in [0.15, 0.2) is 41.3 Å². The quantitative estimate of drug-likeness (QED) is 0.829. The summed E-state index contributed by atoms with van der Waals surface area (Å²) in [7, 11) is -3.62. The third kappa shape index (κ3) is 3.96. The minimum atomic E-state index is -3.62. The molecular weight excluding hydrogens is 376 g/mol. The second-order valence-electron chi connectivity index (χ2n) is 6.19. The lowest BCUT2D eigenvalue weighted by atomic mass is 10.1. The average Bonchev–Trinajstić information content (AvgIpc) is 2.95. The molecule has 26 heavy (non-hydrogen) atoms. The number of benzene rings is 2. The molecule has 0 saturated heterocycles. The number of halogens is 1. The van der Waals surface area contributed by atoms with Crippen LogP contribution in [0.4, 0.5) is 0 Å². The predicted molar refractivity (Wildman–Crippen MR) is 100 cm³/mol. The molecule has 0 amide bonds. The van der Waals surface area contributed by atoms with Crippen LogP contribution in [-0.4, -0.2) is 21.6 Å². The minimum absolute atomic E-state index is 0. The van der Waals surface area contributed by atoms with Gasteiger partial charge in [-0.25, -0.2) is 13.1 Å². The van der Waals surface area contributed by atoms with Crippen molar-refractivity contribution < 1.29 is 17.9 Å². The molecule has 8 heteroatoms. The summed E-state index contributed by atoms with van der Waals surface area (Å²) in [5.74, 6) is 1.06. The second-order valence-corrected chi connectivity index (χ2v) is 7.96. The van der Waals surface area contributed by atoms with Gasteiger partial charge >= 0.3 is 0 Å². The van der Waals surface area contributed by atoms with Gasteiger partial charge in [0.1, 0.15) is 0 Å². The first-order chi connectivity index (χ1) is 12.1. The molecule has 0 aliphatic carbocycles. The van der Waals surface area contributed by atoms with Gasteiger partial charge in [-0.15, -0.1) is 12.4 Å². The molecule has 2 aliphatic rings. The first-order valence-corrected chi connectivity index (χ1v) is 9.81. The molecular formula is C18H21ClN2O4S. The molecule has 4 rings (SSSR count).